The van der Waals surface area contributed by atoms with Gasteiger partial charge in [-0.05, 0) is 48.2 Å². The van der Waals surface area contributed by atoms with Gasteiger partial charge in [-0.2, -0.15) is 0 Å². The number of carbonyl (C=O) groups excluding carboxylic acids is 2. The van der Waals surface area contributed by atoms with Crippen LogP contribution in [-0.2, 0) is 16.0 Å². The van der Waals surface area contributed by atoms with E-state index in [0.717, 1.165) is 16.7 Å². The van der Waals surface area contributed by atoms with E-state index in [1.54, 1.807) is 37.3 Å². The molecular weight excluding hydrogens is 402 g/mol. The first kappa shape index (κ1) is 22.7. The van der Waals surface area contributed by atoms with Crippen molar-refractivity contribution in [1.82, 2.24) is 5.32 Å². The Bertz CT molecular complexity index is 1090. The highest BCUT2D eigenvalue weighted by molar-refractivity contribution is 5.95. The van der Waals surface area contributed by atoms with Crippen LogP contribution < -0.4 is 11.1 Å². The van der Waals surface area contributed by atoms with E-state index in [2.05, 4.69) is 5.32 Å². The van der Waals surface area contributed by atoms with Gasteiger partial charge in [0.25, 0.3) is 5.91 Å². The SMILES string of the molecule is COC(=O)[C@H](Cc1cccc(C(=N)N)c1)C(C)NC(=O)c1ccc(-c2ccccc2)cc1. The molecule has 0 fully saturated rings. The van der Waals surface area contributed by atoms with Crippen LogP contribution in [0, 0.1) is 11.3 Å². The Morgan fingerprint density at radius 1 is 0.938 bits per heavy atom. The van der Waals surface area contributed by atoms with Gasteiger partial charge in [0.15, 0.2) is 0 Å². The van der Waals surface area contributed by atoms with Crippen molar-refractivity contribution in [3.8, 4) is 11.1 Å². The minimum atomic E-state index is -0.588. The number of methoxy groups -OCH3 is 1. The Hall–Kier alpha value is -3.93. The van der Waals surface area contributed by atoms with Crippen molar-refractivity contribution in [2.75, 3.05) is 7.11 Å². The lowest BCUT2D eigenvalue weighted by Crippen LogP contribution is -2.42. The quantitative estimate of drug-likeness (QED) is 0.288. The summed E-state index contributed by atoms with van der Waals surface area (Å²) < 4.78 is 4.98. The minimum Gasteiger partial charge on any atom is -0.469 e. The van der Waals surface area contributed by atoms with E-state index in [-0.39, 0.29) is 11.7 Å². The van der Waals surface area contributed by atoms with E-state index in [4.69, 9.17) is 15.9 Å². The zero-order chi connectivity index (χ0) is 23.1. The van der Waals surface area contributed by atoms with Crippen LogP contribution in [0.1, 0.15) is 28.4 Å². The summed E-state index contributed by atoms with van der Waals surface area (Å²) in [6.45, 7) is 1.78. The molecule has 32 heavy (non-hydrogen) atoms. The third kappa shape index (κ3) is 5.60. The Labute approximate surface area is 187 Å². The molecule has 3 aromatic carbocycles. The summed E-state index contributed by atoms with van der Waals surface area (Å²) >= 11 is 0. The largest absolute Gasteiger partial charge is 0.469 e. The van der Waals surface area contributed by atoms with E-state index < -0.39 is 17.9 Å². The van der Waals surface area contributed by atoms with Crippen LogP contribution in [0.3, 0.4) is 0 Å². The maximum absolute atomic E-state index is 12.8. The highest BCUT2D eigenvalue weighted by Gasteiger charge is 2.28. The molecule has 1 amide bonds. The van der Waals surface area contributed by atoms with E-state index in [1.807, 2.05) is 48.5 Å². The molecule has 0 aliphatic rings. The number of rotatable bonds is 8. The summed E-state index contributed by atoms with van der Waals surface area (Å²) in [5, 5.41) is 10.5. The molecule has 4 N–H and O–H groups in total. The fourth-order valence-corrected chi connectivity index (χ4v) is 3.57. The standard InChI is InChI=1S/C26H27N3O3/c1-17(23(26(31)32-2)16-18-7-6-10-22(15-18)24(27)28)29-25(30)21-13-11-20(12-14-21)19-8-4-3-5-9-19/h3-15,17,23H,16H2,1-2H3,(H3,27,28)(H,29,30)/t17?,23-/m1/s1. The number of amides is 1. The van der Waals surface area contributed by atoms with Gasteiger partial charge < -0.3 is 15.8 Å². The number of carbonyl (C=O) groups is 2. The molecular formula is C26H27N3O3. The number of benzene rings is 3. The predicted octanol–water partition coefficient (Wildman–Crippen LogP) is 3.79. The van der Waals surface area contributed by atoms with Gasteiger partial charge in [0.1, 0.15) is 5.84 Å². The van der Waals surface area contributed by atoms with Crippen LogP contribution in [-0.4, -0.2) is 30.9 Å². The van der Waals surface area contributed by atoms with Gasteiger partial charge in [-0.1, -0.05) is 60.7 Å². The second-order valence-electron chi connectivity index (χ2n) is 7.65. The second-order valence-corrected chi connectivity index (χ2v) is 7.65. The monoisotopic (exact) mass is 429 g/mol. The lowest BCUT2D eigenvalue weighted by atomic mass is 9.92. The van der Waals surface area contributed by atoms with Crippen molar-refractivity contribution in [3.63, 3.8) is 0 Å². The molecule has 0 aliphatic heterocycles. The zero-order valence-corrected chi connectivity index (χ0v) is 18.2. The van der Waals surface area contributed by atoms with E-state index >= 15 is 0 Å². The van der Waals surface area contributed by atoms with Gasteiger partial charge in [-0.25, -0.2) is 0 Å². The lowest BCUT2D eigenvalue weighted by Gasteiger charge is -2.23. The minimum absolute atomic E-state index is 0.0400. The molecule has 3 aromatic rings. The molecule has 6 nitrogen and oxygen atoms in total. The molecule has 3 rings (SSSR count). The number of nitrogens with two attached hydrogens (primary N) is 1. The maximum atomic E-state index is 12.8. The van der Waals surface area contributed by atoms with Crippen molar-refractivity contribution < 1.29 is 14.3 Å². The number of esters is 1. The van der Waals surface area contributed by atoms with Gasteiger partial charge in [0.05, 0.1) is 13.0 Å². The zero-order valence-electron chi connectivity index (χ0n) is 18.2. The maximum Gasteiger partial charge on any atom is 0.311 e. The first-order valence-electron chi connectivity index (χ1n) is 10.4. The van der Waals surface area contributed by atoms with E-state index in [0.29, 0.717) is 17.5 Å². The molecule has 164 valence electrons. The summed E-state index contributed by atoms with van der Waals surface area (Å²) in [4.78, 5) is 25.3. The van der Waals surface area contributed by atoms with Crippen molar-refractivity contribution >= 4 is 17.7 Å². The molecule has 0 saturated heterocycles. The number of ether oxygens (including phenoxy) is 1. The number of hydrogen-bond acceptors (Lipinski definition) is 4. The van der Waals surface area contributed by atoms with Gasteiger partial charge in [-0.3, -0.25) is 15.0 Å². The van der Waals surface area contributed by atoms with Crippen LogP contribution in [0.2, 0.25) is 0 Å². The third-order valence-electron chi connectivity index (χ3n) is 5.41. The van der Waals surface area contributed by atoms with Gasteiger partial charge in [0.2, 0.25) is 0 Å². The molecule has 1 unspecified atom stereocenters. The topological polar surface area (TPSA) is 105 Å². The fraction of sp³-hybridized carbons (Fsp3) is 0.192. The van der Waals surface area contributed by atoms with Crippen molar-refractivity contribution in [2.45, 2.75) is 19.4 Å². The van der Waals surface area contributed by atoms with Gasteiger partial charge in [-0.15, -0.1) is 0 Å². The molecule has 0 bridgehead atoms. The molecule has 0 heterocycles. The first-order valence-corrected chi connectivity index (χ1v) is 10.4. The summed E-state index contributed by atoms with van der Waals surface area (Å²) in [6.07, 6.45) is 0.349. The summed E-state index contributed by atoms with van der Waals surface area (Å²) in [6, 6.07) is 24.0. The van der Waals surface area contributed by atoms with Crippen LogP contribution in [0.4, 0.5) is 0 Å². The number of nitrogen functional groups attached to an aromatic ring is 1. The first-order chi connectivity index (χ1) is 15.4. The number of hydrogen-bond donors (Lipinski definition) is 3. The van der Waals surface area contributed by atoms with Crippen LogP contribution in [0.15, 0.2) is 78.9 Å². The molecule has 2 atom stereocenters. The van der Waals surface area contributed by atoms with Gasteiger partial charge in [0, 0.05) is 17.2 Å². The highest BCUT2D eigenvalue weighted by atomic mass is 16.5. The van der Waals surface area contributed by atoms with Crippen LogP contribution >= 0.6 is 0 Å². The Balaban J connectivity index is 1.72. The smallest absolute Gasteiger partial charge is 0.311 e. The number of amidine groups is 1. The molecule has 0 spiro atoms. The summed E-state index contributed by atoms with van der Waals surface area (Å²) in [5.74, 6) is -1.30. The summed E-state index contributed by atoms with van der Waals surface area (Å²) in [7, 11) is 1.33. The number of nitrogens with one attached hydrogen (secondary N) is 2. The van der Waals surface area contributed by atoms with Crippen LogP contribution in [0.25, 0.3) is 11.1 Å². The Morgan fingerprint density at radius 2 is 1.59 bits per heavy atom. The summed E-state index contributed by atoms with van der Waals surface area (Å²) in [5.41, 5.74) is 9.60. The third-order valence-corrected chi connectivity index (χ3v) is 5.41. The molecule has 0 aromatic heterocycles. The predicted molar refractivity (Wildman–Crippen MR) is 125 cm³/mol. The molecule has 0 saturated carbocycles. The van der Waals surface area contributed by atoms with Gasteiger partial charge >= 0.3 is 5.97 Å². The molecule has 0 radical (unpaired) electrons. The Kier molecular flexibility index (Phi) is 7.39. The fourth-order valence-electron chi connectivity index (χ4n) is 3.57. The van der Waals surface area contributed by atoms with E-state index in [1.165, 1.54) is 7.11 Å². The van der Waals surface area contributed by atoms with Crippen molar-refractivity contribution in [3.05, 3.63) is 95.6 Å². The van der Waals surface area contributed by atoms with E-state index in [9.17, 15) is 9.59 Å². The second kappa shape index (κ2) is 10.4. The van der Waals surface area contributed by atoms with Crippen LogP contribution in [0.5, 0.6) is 0 Å². The molecule has 6 heteroatoms. The Morgan fingerprint density at radius 3 is 2.22 bits per heavy atom. The average molecular weight is 430 g/mol. The molecule has 0 aliphatic carbocycles. The average Bonchev–Trinajstić information content (AvgIpc) is 2.82. The van der Waals surface area contributed by atoms with Crippen molar-refractivity contribution in [2.24, 2.45) is 11.7 Å². The highest BCUT2D eigenvalue weighted by Crippen LogP contribution is 2.20. The lowest BCUT2D eigenvalue weighted by molar-refractivity contribution is -0.146. The van der Waals surface area contributed by atoms with Crippen molar-refractivity contribution in [1.29, 1.82) is 5.41 Å². The normalized spacial score (nSPS) is 12.4.